The maximum absolute atomic E-state index is 4.56. The van der Waals surface area contributed by atoms with Crippen molar-refractivity contribution >= 4 is 11.3 Å². The number of hydrogen-bond acceptors (Lipinski definition) is 3. The van der Waals surface area contributed by atoms with Gasteiger partial charge in [-0.25, -0.2) is 4.98 Å². The van der Waals surface area contributed by atoms with Crippen molar-refractivity contribution in [3.8, 4) is 0 Å². The van der Waals surface area contributed by atoms with Gasteiger partial charge in [0.05, 0.1) is 10.7 Å². The average molecular weight is 238 g/mol. The fraction of sp³-hybridized carbons (Fsp3) is 0.769. The lowest BCUT2D eigenvalue weighted by molar-refractivity contribution is 0.379. The molecule has 0 saturated heterocycles. The minimum Gasteiger partial charge on any atom is -0.308 e. The summed E-state index contributed by atoms with van der Waals surface area (Å²) in [6.45, 7) is 7.52. The molecule has 0 aliphatic heterocycles. The van der Waals surface area contributed by atoms with Gasteiger partial charge < -0.3 is 5.32 Å². The summed E-state index contributed by atoms with van der Waals surface area (Å²) in [6.07, 6.45) is 5.66. The molecule has 1 aromatic rings. The molecule has 1 aliphatic carbocycles. The summed E-state index contributed by atoms with van der Waals surface area (Å²) in [6, 6.07) is 0.643. The molecule has 2 rings (SSSR count). The molecule has 1 fully saturated rings. The van der Waals surface area contributed by atoms with E-state index in [0.717, 1.165) is 12.5 Å². The number of aromatic nitrogens is 1. The Morgan fingerprint density at radius 2 is 2.06 bits per heavy atom. The van der Waals surface area contributed by atoms with E-state index in [1.807, 2.05) is 0 Å². The van der Waals surface area contributed by atoms with E-state index in [-0.39, 0.29) is 0 Å². The van der Waals surface area contributed by atoms with Crippen LogP contribution in [0, 0.1) is 19.8 Å². The van der Waals surface area contributed by atoms with E-state index in [4.69, 9.17) is 0 Å². The minimum absolute atomic E-state index is 0.643. The molecule has 1 N–H and O–H groups in total. The minimum atomic E-state index is 0.643. The number of thiazole rings is 1. The predicted octanol–water partition coefficient (Wildman–Crippen LogP) is 3.43. The maximum Gasteiger partial charge on any atom is 0.0900 e. The third-order valence-corrected chi connectivity index (χ3v) is 4.63. The van der Waals surface area contributed by atoms with E-state index in [9.17, 15) is 0 Å². The van der Waals surface area contributed by atoms with Gasteiger partial charge in [-0.2, -0.15) is 0 Å². The van der Waals surface area contributed by atoms with E-state index in [1.54, 1.807) is 11.3 Å². The molecule has 16 heavy (non-hydrogen) atoms. The van der Waals surface area contributed by atoms with E-state index < -0.39 is 0 Å². The first kappa shape index (κ1) is 12.1. The summed E-state index contributed by atoms with van der Waals surface area (Å²) < 4.78 is 0. The molecule has 1 saturated carbocycles. The summed E-state index contributed by atoms with van der Waals surface area (Å²) in [5.74, 6) is 0.889. The Morgan fingerprint density at radius 1 is 1.38 bits per heavy atom. The van der Waals surface area contributed by atoms with E-state index in [2.05, 4.69) is 31.1 Å². The molecule has 1 unspecified atom stereocenters. The highest BCUT2D eigenvalue weighted by Gasteiger charge is 2.21. The fourth-order valence-electron chi connectivity index (χ4n) is 2.62. The van der Waals surface area contributed by atoms with Crippen LogP contribution in [0.2, 0.25) is 0 Å². The van der Waals surface area contributed by atoms with Gasteiger partial charge in [0.1, 0.15) is 0 Å². The van der Waals surface area contributed by atoms with Gasteiger partial charge >= 0.3 is 0 Å². The first-order valence-corrected chi connectivity index (χ1v) is 7.14. The summed E-state index contributed by atoms with van der Waals surface area (Å²) in [5, 5.41) is 4.82. The Hall–Kier alpha value is -0.410. The molecule has 1 aromatic heterocycles. The number of aryl methyl sites for hydroxylation is 2. The van der Waals surface area contributed by atoms with Gasteiger partial charge in [-0.15, -0.1) is 11.3 Å². The largest absolute Gasteiger partial charge is 0.308 e. The lowest BCUT2D eigenvalue weighted by Crippen LogP contribution is -2.32. The molecule has 0 bridgehead atoms. The number of rotatable bonds is 4. The van der Waals surface area contributed by atoms with Crippen molar-refractivity contribution in [1.29, 1.82) is 0 Å². The van der Waals surface area contributed by atoms with Gasteiger partial charge in [0, 0.05) is 17.5 Å². The second kappa shape index (κ2) is 5.28. The van der Waals surface area contributed by atoms with Crippen LogP contribution in [0.3, 0.4) is 0 Å². The third-order valence-electron chi connectivity index (χ3n) is 3.70. The van der Waals surface area contributed by atoms with Crippen molar-refractivity contribution in [3.63, 3.8) is 0 Å². The number of hydrogen-bond donors (Lipinski definition) is 1. The molecule has 1 heterocycles. The summed E-state index contributed by atoms with van der Waals surface area (Å²) in [7, 11) is 0. The second-order valence-electron chi connectivity index (χ2n) is 4.95. The van der Waals surface area contributed by atoms with Gasteiger partial charge in [0.25, 0.3) is 0 Å². The predicted molar refractivity (Wildman–Crippen MR) is 69.8 cm³/mol. The molecular formula is C13H22N2S. The van der Waals surface area contributed by atoms with Crippen LogP contribution in [0.1, 0.15) is 48.2 Å². The van der Waals surface area contributed by atoms with Crippen molar-refractivity contribution in [2.75, 3.05) is 0 Å². The molecule has 0 aromatic carbocycles. The molecule has 0 radical (unpaired) electrons. The Kier molecular flexibility index (Phi) is 3.98. The van der Waals surface area contributed by atoms with Gasteiger partial charge in [-0.1, -0.05) is 12.8 Å². The SMILES string of the molecule is Cc1nc(CNC(C)C2CCCC2)c(C)s1. The first-order valence-electron chi connectivity index (χ1n) is 6.33. The van der Waals surface area contributed by atoms with Gasteiger partial charge in [-0.05, 0) is 39.5 Å². The molecule has 1 aliphatic rings. The van der Waals surface area contributed by atoms with Crippen molar-refractivity contribution in [2.45, 2.75) is 59.0 Å². The molecule has 3 heteroatoms. The highest BCUT2D eigenvalue weighted by Crippen LogP contribution is 2.27. The van der Waals surface area contributed by atoms with Crippen LogP contribution in [-0.4, -0.2) is 11.0 Å². The summed E-state index contributed by atoms with van der Waals surface area (Å²) in [4.78, 5) is 5.93. The van der Waals surface area contributed by atoms with E-state index >= 15 is 0 Å². The smallest absolute Gasteiger partial charge is 0.0900 e. The Balaban J connectivity index is 1.84. The van der Waals surface area contributed by atoms with Crippen LogP contribution >= 0.6 is 11.3 Å². The van der Waals surface area contributed by atoms with Gasteiger partial charge in [0.2, 0.25) is 0 Å². The van der Waals surface area contributed by atoms with Gasteiger partial charge in [0.15, 0.2) is 0 Å². The Bertz CT molecular complexity index is 340. The molecule has 0 spiro atoms. The van der Waals surface area contributed by atoms with Crippen molar-refractivity contribution < 1.29 is 0 Å². The topological polar surface area (TPSA) is 24.9 Å². The number of nitrogens with zero attached hydrogens (tertiary/aromatic N) is 1. The normalized spacial score (nSPS) is 19.2. The summed E-state index contributed by atoms with van der Waals surface area (Å²) in [5.41, 5.74) is 1.24. The van der Waals surface area contributed by atoms with Gasteiger partial charge in [-0.3, -0.25) is 0 Å². The highest BCUT2D eigenvalue weighted by molar-refractivity contribution is 7.11. The van der Waals surface area contributed by atoms with Crippen molar-refractivity contribution in [1.82, 2.24) is 10.3 Å². The molecule has 0 amide bonds. The zero-order valence-corrected chi connectivity index (χ0v) is 11.4. The number of nitrogens with one attached hydrogen (secondary N) is 1. The van der Waals surface area contributed by atoms with E-state index in [0.29, 0.717) is 6.04 Å². The zero-order chi connectivity index (χ0) is 11.5. The lowest BCUT2D eigenvalue weighted by atomic mass is 10.00. The fourth-order valence-corrected chi connectivity index (χ4v) is 3.45. The quantitative estimate of drug-likeness (QED) is 0.869. The van der Waals surface area contributed by atoms with Crippen LogP contribution in [-0.2, 0) is 6.54 Å². The molecule has 90 valence electrons. The zero-order valence-electron chi connectivity index (χ0n) is 10.5. The van der Waals surface area contributed by atoms with Crippen LogP contribution in [0.25, 0.3) is 0 Å². The van der Waals surface area contributed by atoms with E-state index in [1.165, 1.54) is 41.3 Å². The Morgan fingerprint density at radius 3 is 2.62 bits per heavy atom. The van der Waals surface area contributed by atoms with Crippen LogP contribution in [0.4, 0.5) is 0 Å². The average Bonchev–Trinajstić information content (AvgIpc) is 2.84. The maximum atomic E-state index is 4.56. The lowest BCUT2D eigenvalue weighted by Gasteiger charge is -2.19. The van der Waals surface area contributed by atoms with Crippen molar-refractivity contribution in [2.24, 2.45) is 5.92 Å². The standard InChI is InChI=1S/C13H22N2S/c1-9(12-6-4-5-7-12)14-8-13-10(2)16-11(3)15-13/h9,12,14H,4-8H2,1-3H3. The Labute approximate surface area is 102 Å². The monoisotopic (exact) mass is 238 g/mol. The van der Waals surface area contributed by atoms with Crippen molar-refractivity contribution in [3.05, 3.63) is 15.6 Å². The summed E-state index contributed by atoms with van der Waals surface area (Å²) >= 11 is 1.80. The molecule has 1 atom stereocenters. The third kappa shape index (κ3) is 2.83. The van der Waals surface area contributed by atoms with Crippen LogP contribution in [0.15, 0.2) is 0 Å². The second-order valence-corrected chi connectivity index (χ2v) is 6.36. The van der Waals surface area contributed by atoms with Crippen LogP contribution < -0.4 is 5.32 Å². The van der Waals surface area contributed by atoms with Crippen LogP contribution in [0.5, 0.6) is 0 Å². The molecule has 2 nitrogen and oxygen atoms in total. The first-order chi connectivity index (χ1) is 7.66. The molecular weight excluding hydrogens is 216 g/mol. The highest BCUT2D eigenvalue weighted by atomic mass is 32.1.